The van der Waals surface area contributed by atoms with Crippen LogP contribution in [-0.4, -0.2) is 35.7 Å². The number of halogens is 1. The topological polar surface area (TPSA) is 108 Å². The first kappa shape index (κ1) is 17.9. The molecule has 0 bridgehead atoms. The maximum absolute atomic E-state index is 13.2. The minimum atomic E-state index is -0.481. The summed E-state index contributed by atoms with van der Waals surface area (Å²) in [6.07, 6.45) is 1.52. The van der Waals surface area contributed by atoms with Crippen molar-refractivity contribution >= 4 is 33.3 Å². The molecule has 1 N–H and O–H groups in total. The molecule has 0 fully saturated rings. The van der Waals surface area contributed by atoms with Crippen molar-refractivity contribution in [1.29, 1.82) is 0 Å². The van der Waals surface area contributed by atoms with Gasteiger partial charge in [-0.05, 0) is 38.1 Å². The van der Waals surface area contributed by atoms with Gasteiger partial charge in [0.15, 0.2) is 0 Å². The molecule has 0 aliphatic rings. The summed E-state index contributed by atoms with van der Waals surface area (Å²) >= 11 is 1.23. The van der Waals surface area contributed by atoms with E-state index in [1.54, 1.807) is 13.8 Å². The molecule has 142 valence electrons. The van der Waals surface area contributed by atoms with Gasteiger partial charge in [-0.15, -0.1) is 10.2 Å². The number of benzene rings is 1. The maximum Gasteiger partial charge on any atom is 0.293 e. The standard InChI is InChI=1S/C17H14FN7O2S/c1-9-13-7-19-25(12-5-3-11(18)4-6-12)15(13)16(27)24(23-9)8-14(26)20-17-22-21-10(2)28-17/h3-7H,8H2,1-2H3,(H,20,22,26). The van der Waals surface area contributed by atoms with E-state index in [1.165, 1.54) is 46.5 Å². The van der Waals surface area contributed by atoms with Crippen molar-refractivity contribution in [3.63, 3.8) is 0 Å². The molecule has 0 unspecified atom stereocenters. The molecule has 3 heterocycles. The highest BCUT2D eigenvalue weighted by Gasteiger charge is 2.17. The molecule has 11 heteroatoms. The van der Waals surface area contributed by atoms with Gasteiger partial charge in [0.2, 0.25) is 11.0 Å². The quantitative estimate of drug-likeness (QED) is 0.561. The van der Waals surface area contributed by atoms with Crippen LogP contribution >= 0.6 is 11.3 Å². The molecule has 1 amide bonds. The smallest absolute Gasteiger partial charge is 0.293 e. The minimum Gasteiger partial charge on any atom is -0.299 e. The Bertz CT molecular complexity index is 1240. The van der Waals surface area contributed by atoms with Crippen LogP contribution in [0.15, 0.2) is 35.3 Å². The molecular formula is C17H14FN7O2S. The average molecular weight is 399 g/mol. The maximum atomic E-state index is 13.2. The lowest BCUT2D eigenvalue weighted by Crippen LogP contribution is -2.31. The van der Waals surface area contributed by atoms with Gasteiger partial charge in [0.25, 0.3) is 5.56 Å². The third-order valence-electron chi connectivity index (χ3n) is 4.00. The highest BCUT2D eigenvalue weighted by atomic mass is 32.1. The molecular weight excluding hydrogens is 385 g/mol. The van der Waals surface area contributed by atoms with E-state index in [-0.39, 0.29) is 17.9 Å². The van der Waals surface area contributed by atoms with Crippen LogP contribution in [0.4, 0.5) is 9.52 Å². The van der Waals surface area contributed by atoms with E-state index in [1.807, 2.05) is 0 Å². The highest BCUT2D eigenvalue weighted by Crippen LogP contribution is 2.18. The van der Waals surface area contributed by atoms with Gasteiger partial charge >= 0.3 is 0 Å². The number of fused-ring (bicyclic) bond motifs is 1. The third-order valence-corrected chi connectivity index (χ3v) is 4.76. The first-order chi connectivity index (χ1) is 13.4. The number of carbonyl (C=O) groups excluding carboxylic acids is 1. The number of carbonyl (C=O) groups is 1. The Kier molecular flexibility index (Phi) is 4.43. The number of rotatable bonds is 4. The number of nitrogens with one attached hydrogen (secondary N) is 1. The van der Waals surface area contributed by atoms with Crippen LogP contribution in [0, 0.1) is 19.7 Å². The fourth-order valence-electron chi connectivity index (χ4n) is 2.75. The predicted octanol–water partition coefficient (Wildman–Crippen LogP) is 1.83. The van der Waals surface area contributed by atoms with Crippen LogP contribution in [0.3, 0.4) is 0 Å². The molecule has 0 atom stereocenters. The molecule has 28 heavy (non-hydrogen) atoms. The number of anilines is 1. The normalized spacial score (nSPS) is 11.1. The first-order valence-electron chi connectivity index (χ1n) is 8.24. The van der Waals surface area contributed by atoms with Gasteiger partial charge in [0.05, 0.1) is 17.6 Å². The zero-order chi connectivity index (χ0) is 19.8. The molecule has 0 saturated carbocycles. The van der Waals surface area contributed by atoms with Crippen LogP contribution in [0.5, 0.6) is 0 Å². The predicted molar refractivity (Wildman–Crippen MR) is 101 cm³/mol. The fraction of sp³-hybridized carbons (Fsp3) is 0.176. The van der Waals surface area contributed by atoms with Crippen molar-refractivity contribution in [1.82, 2.24) is 29.8 Å². The summed E-state index contributed by atoms with van der Waals surface area (Å²) in [4.78, 5) is 25.2. The lowest BCUT2D eigenvalue weighted by molar-refractivity contribution is -0.117. The van der Waals surface area contributed by atoms with Crippen LogP contribution in [-0.2, 0) is 11.3 Å². The third kappa shape index (κ3) is 3.27. The summed E-state index contributed by atoms with van der Waals surface area (Å²) in [7, 11) is 0. The van der Waals surface area contributed by atoms with Crippen molar-refractivity contribution in [2.75, 3.05) is 5.32 Å². The highest BCUT2D eigenvalue weighted by molar-refractivity contribution is 7.15. The van der Waals surface area contributed by atoms with E-state index < -0.39 is 11.5 Å². The van der Waals surface area contributed by atoms with Gasteiger partial charge < -0.3 is 0 Å². The minimum absolute atomic E-state index is 0.263. The molecule has 3 aromatic heterocycles. The van der Waals surface area contributed by atoms with Crippen LogP contribution in [0.1, 0.15) is 10.7 Å². The number of aromatic nitrogens is 6. The molecule has 0 saturated heterocycles. The van der Waals surface area contributed by atoms with E-state index in [9.17, 15) is 14.0 Å². The van der Waals surface area contributed by atoms with Crippen molar-refractivity contribution in [2.24, 2.45) is 0 Å². The van der Waals surface area contributed by atoms with Crippen LogP contribution in [0.2, 0.25) is 0 Å². The number of nitrogens with zero attached hydrogens (tertiary/aromatic N) is 6. The SMILES string of the molecule is Cc1nnc(NC(=O)Cn2nc(C)c3cnn(-c4ccc(F)cc4)c3c2=O)s1. The van der Waals surface area contributed by atoms with Gasteiger partial charge in [-0.25, -0.2) is 13.8 Å². The number of amides is 1. The second-order valence-electron chi connectivity index (χ2n) is 6.02. The first-order valence-corrected chi connectivity index (χ1v) is 9.05. The van der Waals surface area contributed by atoms with Gasteiger partial charge in [0.1, 0.15) is 22.9 Å². The van der Waals surface area contributed by atoms with Crippen LogP contribution < -0.4 is 10.9 Å². The Morgan fingerprint density at radius 1 is 1.21 bits per heavy atom. The van der Waals surface area contributed by atoms with E-state index in [2.05, 4.69) is 25.7 Å². The summed E-state index contributed by atoms with van der Waals surface area (Å²) in [6.45, 7) is 3.21. The van der Waals surface area contributed by atoms with Crippen molar-refractivity contribution in [3.8, 4) is 5.69 Å². The Labute approximate surface area is 161 Å². The molecule has 9 nitrogen and oxygen atoms in total. The van der Waals surface area contributed by atoms with Gasteiger partial charge in [-0.1, -0.05) is 11.3 Å². The van der Waals surface area contributed by atoms with Crippen molar-refractivity contribution < 1.29 is 9.18 Å². The lowest BCUT2D eigenvalue weighted by Gasteiger charge is -2.08. The summed E-state index contributed by atoms with van der Waals surface area (Å²) in [5.74, 6) is -0.837. The number of aryl methyl sites for hydroxylation is 2. The largest absolute Gasteiger partial charge is 0.299 e. The molecule has 0 aliphatic carbocycles. The summed E-state index contributed by atoms with van der Waals surface area (Å²) < 4.78 is 15.7. The van der Waals surface area contributed by atoms with E-state index in [0.717, 1.165) is 4.68 Å². The summed E-state index contributed by atoms with van der Waals surface area (Å²) in [6, 6.07) is 5.61. The van der Waals surface area contributed by atoms with E-state index in [4.69, 9.17) is 0 Å². The average Bonchev–Trinajstić information content (AvgIpc) is 3.27. The Balaban J connectivity index is 1.72. The monoisotopic (exact) mass is 399 g/mol. The Morgan fingerprint density at radius 3 is 2.64 bits per heavy atom. The fourth-order valence-corrected chi connectivity index (χ4v) is 3.36. The van der Waals surface area contributed by atoms with Gasteiger partial charge in [-0.2, -0.15) is 10.2 Å². The Hall–Kier alpha value is -3.47. The zero-order valence-electron chi connectivity index (χ0n) is 14.9. The molecule has 0 aliphatic heterocycles. The lowest BCUT2D eigenvalue weighted by atomic mass is 10.2. The number of hydrogen-bond acceptors (Lipinski definition) is 7. The zero-order valence-corrected chi connectivity index (χ0v) is 15.7. The second-order valence-corrected chi connectivity index (χ2v) is 7.20. The van der Waals surface area contributed by atoms with E-state index >= 15 is 0 Å². The second kappa shape index (κ2) is 6.93. The summed E-state index contributed by atoms with van der Waals surface area (Å²) in [5.41, 5.74) is 0.853. The molecule has 4 rings (SSSR count). The van der Waals surface area contributed by atoms with Gasteiger partial charge in [0, 0.05) is 5.39 Å². The van der Waals surface area contributed by atoms with E-state index in [0.29, 0.717) is 26.9 Å². The van der Waals surface area contributed by atoms with Crippen LogP contribution in [0.25, 0.3) is 16.6 Å². The Morgan fingerprint density at radius 2 is 1.96 bits per heavy atom. The van der Waals surface area contributed by atoms with Crippen molar-refractivity contribution in [3.05, 3.63) is 57.3 Å². The number of hydrogen-bond donors (Lipinski definition) is 1. The molecule has 0 radical (unpaired) electrons. The molecule has 4 aromatic rings. The van der Waals surface area contributed by atoms with Gasteiger partial charge in [-0.3, -0.25) is 14.9 Å². The molecule has 1 aromatic carbocycles. The van der Waals surface area contributed by atoms with Crippen molar-refractivity contribution in [2.45, 2.75) is 20.4 Å². The summed E-state index contributed by atoms with van der Waals surface area (Å²) in [5, 5.41) is 20.3. The molecule has 0 spiro atoms.